The fraction of sp³-hybridized carbons (Fsp3) is 0.200. The SMILES string of the molecule is N#Cc1cncc(-c2cccc(-c3cccc(N4C5=C(C=CCC5)OC5=C4CCCC5)c3)c2)c1. The van der Waals surface area contributed by atoms with Crippen molar-refractivity contribution in [2.75, 3.05) is 4.90 Å². The van der Waals surface area contributed by atoms with Crippen LogP contribution >= 0.6 is 0 Å². The molecule has 4 heteroatoms. The van der Waals surface area contributed by atoms with Gasteiger partial charge in [-0.2, -0.15) is 5.26 Å². The molecule has 2 heterocycles. The largest absolute Gasteiger partial charge is 0.458 e. The number of ether oxygens (including phenoxy) is 1. The van der Waals surface area contributed by atoms with Crippen LogP contribution in [-0.4, -0.2) is 4.98 Å². The van der Waals surface area contributed by atoms with Gasteiger partial charge in [0.05, 0.1) is 17.0 Å². The van der Waals surface area contributed by atoms with Crippen molar-refractivity contribution in [3.63, 3.8) is 0 Å². The van der Waals surface area contributed by atoms with Crippen LogP contribution < -0.4 is 4.90 Å². The van der Waals surface area contributed by atoms with Gasteiger partial charge in [-0.1, -0.05) is 36.4 Å². The highest BCUT2D eigenvalue weighted by Gasteiger charge is 2.31. The predicted molar refractivity (Wildman–Crippen MR) is 134 cm³/mol. The van der Waals surface area contributed by atoms with Gasteiger partial charge in [0.2, 0.25) is 0 Å². The van der Waals surface area contributed by atoms with Crippen LogP contribution in [0, 0.1) is 11.3 Å². The zero-order valence-electron chi connectivity index (χ0n) is 19.0. The summed E-state index contributed by atoms with van der Waals surface area (Å²) in [5.41, 5.74) is 8.67. The summed E-state index contributed by atoms with van der Waals surface area (Å²) in [5.74, 6) is 2.14. The number of nitriles is 1. The highest BCUT2D eigenvalue weighted by atomic mass is 16.5. The van der Waals surface area contributed by atoms with Crippen LogP contribution in [0.4, 0.5) is 5.69 Å². The minimum Gasteiger partial charge on any atom is -0.458 e. The van der Waals surface area contributed by atoms with E-state index in [4.69, 9.17) is 4.74 Å². The minimum atomic E-state index is 0.569. The molecule has 2 aromatic carbocycles. The van der Waals surface area contributed by atoms with E-state index >= 15 is 0 Å². The Kier molecular flexibility index (Phi) is 5.24. The van der Waals surface area contributed by atoms with E-state index in [0.29, 0.717) is 5.56 Å². The highest BCUT2D eigenvalue weighted by molar-refractivity contribution is 5.76. The van der Waals surface area contributed by atoms with E-state index in [-0.39, 0.29) is 0 Å². The number of hydrogen-bond donors (Lipinski definition) is 0. The Morgan fingerprint density at radius 1 is 0.824 bits per heavy atom. The van der Waals surface area contributed by atoms with Crippen molar-refractivity contribution in [1.29, 1.82) is 5.26 Å². The molecule has 0 saturated carbocycles. The Bertz CT molecular complexity index is 1410. The molecule has 0 radical (unpaired) electrons. The molecule has 0 fully saturated rings. The Balaban J connectivity index is 1.41. The number of nitrogens with zero attached hydrogens (tertiary/aromatic N) is 3. The molecule has 1 aromatic heterocycles. The summed E-state index contributed by atoms with van der Waals surface area (Å²) < 4.78 is 6.35. The summed E-state index contributed by atoms with van der Waals surface area (Å²) >= 11 is 0. The maximum atomic E-state index is 9.25. The zero-order chi connectivity index (χ0) is 22.9. The molecular formula is C30H25N3O. The normalized spacial score (nSPS) is 17.1. The number of benzene rings is 2. The van der Waals surface area contributed by atoms with Crippen LogP contribution in [0.3, 0.4) is 0 Å². The molecule has 0 N–H and O–H groups in total. The van der Waals surface area contributed by atoms with Crippen molar-refractivity contribution >= 4 is 5.69 Å². The Labute approximate surface area is 200 Å². The smallest absolute Gasteiger partial charge is 0.146 e. The lowest BCUT2D eigenvalue weighted by Crippen LogP contribution is -2.31. The van der Waals surface area contributed by atoms with Gasteiger partial charge in [-0.25, -0.2) is 0 Å². The third kappa shape index (κ3) is 3.70. The van der Waals surface area contributed by atoms with E-state index in [1.807, 2.05) is 12.3 Å². The third-order valence-corrected chi connectivity index (χ3v) is 6.76. The zero-order valence-corrected chi connectivity index (χ0v) is 19.0. The lowest BCUT2D eigenvalue weighted by atomic mass is 9.95. The van der Waals surface area contributed by atoms with Crippen molar-refractivity contribution in [2.45, 2.75) is 38.5 Å². The fourth-order valence-corrected chi connectivity index (χ4v) is 5.12. The van der Waals surface area contributed by atoms with Crippen LogP contribution in [0.5, 0.6) is 0 Å². The van der Waals surface area contributed by atoms with Crippen LogP contribution in [-0.2, 0) is 4.74 Å². The van der Waals surface area contributed by atoms with Gasteiger partial charge in [0, 0.05) is 30.1 Å². The average molecular weight is 444 g/mol. The number of anilines is 1. The lowest BCUT2D eigenvalue weighted by Gasteiger charge is -2.39. The Hall–Kier alpha value is -4.10. The second kappa shape index (κ2) is 8.68. The summed E-state index contributed by atoms with van der Waals surface area (Å²) in [4.78, 5) is 6.69. The second-order valence-electron chi connectivity index (χ2n) is 8.97. The fourth-order valence-electron chi connectivity index (χ4n) is 5.12. The van der Waals surface area contributed by atoms with Crippen molar-refractivity contribution in [2.24, 2.45) is 0 Å². The first kappa shape index (κ1) is 20.5. The first-order chi connectivity index (χ1) is 16.8. The van der Waals surface area contributed by atoms with E-state index in [2.05, 4.69) is 76.6 Å². The van der Waals surface area contributed by atoms with E-state index in [9.17, 15) is 5.26 Å². The van der Waals surface area contributed by atoms with Crippen LogP contribution in [0.2, 0.25) is 0 Å². The quantitative estimate of drug-likeness (QED) is 0.421. The van der Waals surface area contributed by atoms with Crippen molar-refractivity contribution in [1.82, 2.24) is 4.98 Å². The van der Waals surface area contributed by atoms with Gasteiger partial charge in [-0.3, -0.25) is 4.98 Å². The maximum Gasteiger partial charge on any atom is 0.146 e. The molecule has 0 saturated heterocycles. The lowest BCUT2D eigenvalue weighted by molar-refractivity contribution is 0.266. The summed E-state index contributed by atoms with van der Waals surface area (Å²) in [5, 5.41) is 9.25. The summed E-state index contributed by atoms with van der Waals surface area (Å²) in [7, 11) is 0. The van der Waals surface area contributed by atoms with Gasteiger partial charge in [0.25, 0.3) is 0 Å². The van der Waals surface area contributed by atoms with Crippen LogP contribution in [0.25, 0.3) is 22.3 Å². The van der Waals surface area contributed by atoms with Gasteiger partial charge in [-0.05, 0) is 79.1 Å². The molecule has 4 nitrogen and oxygen atoms in total. The first-order valence-electron chi connectivity index (χ1n) is 12.0. The van der Waals surface area contributed by atoms with Crippen LogP contribution in [0.1, 0.15) is 44.1 Å². The molecule has 34 heavy (non-hydrogen) atoms. The van der Waals surface area contributed by atoms with Gasteiger partial charge in [0.1, 0.15) is 17.6 Å². The van der Waals surface area contributed by atoms with Crippen molar-refractivity contribution in [3.8, 4) is 28.3 Å². The molecule has 166 valence electrons. The molecule has 2 aliphatic carbocycles. The number of rotatable bonds is 3. The topological polar surface area (TPSA) is 49.2 Å². The number of pyridine rings is 1. The molecule has 0 amide bonds. The summed E-state index contributed by atoms with van der Waals surface area (Å²) in [6, 6.07) is 21.3. The predicted octanol–water partition coefficient (Wildman–Crippen LogP) is 7.47. The molecule has 0 spiro atoms. The molecule has 0 bridgehead atoms. The molecule has 3 aliphatic rings. The van der Waals surface area contributed by atoms with Crippen molar-refractivity contribution < 1.29 is 4.74 Å². The molecule has 0 unspecified atom stereocenters. The molecule has 0 atom stereocenters. The second-order valence-corrected chi connectivity index (χ2v) is 8.97. The van der Waals surface area contributed by atoms with Crippen LogP contribution in [0.15, 0.2) is 102 Å². The standard InChI is InChI=1S/C30H25N3O/c31-18-21-15-25(20-32-19-21)23-8-5-7-22(16-23)24-9-6-10-26(17-24)33-27-11-1-3-13-29(27)34-30-14-4-2-12-28(30)33/h3,5-10,13,15-17,19-20H,1-2,4,11-12,14H2. The number of hydrogen-bond acceptors (Lipinski definition) is 4. The maximum absolute atomic E-state index is 9.25. The number of aromatic nitrogens is 1. The highest BCUT2D eigenvalue weighted by Crippen LogP contribution is 2.43. The minimum absolute atomic E-state index is 0.569. The van der Waals surface area contributed by atoms with Gasteiger partial charge in [-0.15, -0.1) is 0 Å². The molecule has 1 aliphatic heterocycles. The molecular weight excluding hydrogens is 418 g/mol. The summed E-state index contributed by atoms with van der Waals surface area (Å²) in [6.45, 7) is 0. The van der Waals surface area contributed by atoms with Gasteiger partial charge >= 0.3 is 0 Å². The Morgan fingerprint density at radius 3 is 2.50 bits per heavy atom. The average Bonchev–Trinajstić information content (AvgIpc) is 2.92. The van der Waals surface area contributed by atoms with Gasteiger partial charge in [0.15, 0.2) is 0 Å². The molecule has 6 rings (SSSR count). The summed E-state index contributed by atoms with van der Waals surface area (Å²) in [6.07, 6.45) is 14.2. The van der Waals surface area contributed by atoms with E-state index < -0.39 is 0 Å². The number of allylic oxidation sites excluding steroid dienone is 5. The Morgan fingerprint density at radius 2 is 1.62 bits per heavy atom. The van der Waals surface area contributed by atoms with Crippen molar-refractivity contribution in [3.05, 3.63) is 108 Å². The first-order valence-corrected chi connectivity index (χ1v) is 12.0. The van der Waals surface area contributed by atoms with Gasteiger partial charge < -0.3 is 9.64 Å². The monoisotopic (exact) mass is 443 g/mol. The van der Waals surface area contributed by atoms with E-state index in [1.165, 1.54) is 35.5 Å². The molecule has 3 aromatic rings. The van der Waals surface area contributed by atoms with E-state index in [1.54, 1.807) is 6.20 Å². The third-order valence-electron chi connectivity index (χ3n) is 6.76. The van der Waals surface area contributed by atoms with E-state index in [0.717, 1.165) is 53.9 Å².